The first-order valence-corrected chi connectivity index (χ1v) is 8.67. The molecule has 2 saturated heterocycles. The monoisotopic (exact) mass is 335 g/mol. The summed E-state index contributed by atoms with van der Waals surface area (Å²) in [5, 5.41) is 8.98. The van der Waals surface area contributed by atoms with Gasteiger partial charge in [0.15, 0.2) is 0 Å². The Kier molecular flexibility index (Phi) is 4.64. The molecule has 2 fully saturated rings. The van der Waals surface area contributed by atoms with Crippen molar-refractivity contribution in [3.8, 4) is 11.8 Å². The van der Waals surface area contributed by atoms with Gasteiger partial charge in [0.2, 0.25) is 0 Å². The maximum absolute atomic E-state index is 8.98. The molecule has 0 saturated carbocycles. The highest BCUT2D eigenvalue weighted by Crippen LogP contribution is 2.34. The summed E-state index contributed by atoms with van der Waals surface area (Å²) in [4.78, 5) is 6.63. The standard InChI is InChI=1S/C20H21N3O2/c21-8-15-3-1-5-18(7-15)24-13-17-14-25-20-12-23(11-19(17)20)10-16-4-2-6-22-9-16/h1-7,9,17,19-20H,10-14H2/t17-,19+,20+/m1/s1. The fourth-order valence-electron chi connectivity index (χ4n) is 3.79. The molecule has 0 bridgehead atoms. The highest BCUT2D eigenvalue weighted by atomic mass is 16.5. The van der Waals surface area contributed by atoms with E-state index in [1.807, 2.05) is 24.4 Å². The Bertz CT molecular complexity index is 759. The minimum absolute atomic E-state index is 0.302. The van der Waals surface area contributed by atoms with E-state index in [4.69, 9.17) is 14.7 Å². The molecule has 3 atom stereocenters. The van der Waals surface area contributed by atoms with Crippen LogP contribution < -0.4 is 4.74 Å². The van der Waals surface area contributed by atoms with Gasteiger partial charge in [0.05, 0.1) is 31.0 Å². The number of nitriles is 1. The summed E-state index contributed by atoms with van der Waals surface area (Å²) < 4.78 is 11.9. The lowest BCUT2D eigenvalue weighted by molar-refractivity contribution is 0.0897. The van der Waals surface area contributed by atoms with Crippen LogP contribution in [0.15, 0.2) is 48.8 Å². The number of ether oxygens (including phenoxy) is 2. The first-order valence-electron chi connectivity index (χ1n) is 8.67. The summed E-state index contributed by atoms with van der Waals surface area (Å²) >= 11 is 0. The van der Waals surface area contributed by atoms with Crippen LogP contribution in [0, 0.1) is 23.2 Å². The number of hydrogen-bond acceptors (Lipinski definition) is 5. The Morgan fingerprint density at radius 1 is 1.28 bits per heavy atom. The molecule has 1 aromatic carbocycles. The van der Waals surface area contributed by atoms with Crippen LogP contribution in [0.25, 0.3) is 0 Å². The SMILES string of the molecule is N#Cc1cccc(OC[C@@H]2CO[C@H]3CN(Cc4cccnc4)C[C@@H]23)c1. The normalized spacial score (nSPS) is 25.5. The lowest BCUT2D eigenvalue weighted by atomic mass is 9.94. The third-order valence-electron chi connectivity index (χ3n) is 5.07. The zero-order valence-electron chi connectivity index (χ0n) is 14.0. The van der Waals surface area contributed by atoms with Crippen LogP contribution in [0.2, 0.25) is 0 Å². The quantitative estimate of drug-likeness (QED) is 0.840. The molecule has 2 aliphatic heterocycles. The predicted octanol–water partition coefficient (Wildman–Crippen LogP) is 2.48. The van der Waals surface area contributed by atoms with Crippen LogP contribution in [0.1, 0.15) is 11.1 Å². The van der Waals surface area contributed by atoms with E-state index in [0.717, 1.165) is 32.0 Å². The van der Waals surface area contributed by atoms with Crippen LogP contribution in [-0.4, -0.2) is 42.3 Å². The molecule has 128 valence electrons. The third kappa shape index (κ3) is 3.65. The first-order chi connectivity index (χ1) is 12.3. The Labute approximate surface area is 147 Å². The largest absolute Gasteiger partial charge is 0.493 e. The summed E-state index contributed by atoms with van der Waals surface area (Å²) in [5.74, 6) is 1.66. The van der Waals surface area contributed by atoms with Crippen LogP contribution in [0.5, 0.6) is 5.75 Å². The van der Waals surface area contributed by atoms with Crippen LogP contribution in [0.4, 0.5) is 0 Å². The van der Waals surface area contributed by atoms with Crippen molar-refractivity contribution in [2.75, 3.05) is 26.3 Å². The van der Waals surface area contributed by atoms with E-state index in [1.165, 1.54) is 5.56 Å². The predicted molar refractivity (Wildman–Crippen MR) is 92.9 cm³/mol. The zero-order valence-corrected chi connectivity index (χ0v) is 14.0. The lowest BCUT2D eigenvalue weighted by Crippen LogP contribution is -2.26. The Morgan fingerprint density at radius 3 is 3.08 bits per heavy atom. The summed E-state index contributed by atoms with van der Waals surface area (Å²) in [5.41, 5.74) is 1.87. The van der Waals surface area contributed by atoms with Gasteiger partial charge in [0, 0.05) is 43.9 Å². The molecule has 0 amide bonds. The third-order valence-corrected chi connectivity index (χ3v) is 5.07. The van der Waals surface area contributed by atoms with E-state index in [9.17, 15) is 0 Å². The zero-order chi connectivity index (χ0) is 17.1. The fourth-order valence-corrected chi connectivity index (χ4v) is 3.79. The lowest BCUT2D eigenvalue weighted by Gasteiger charge is -2.20. The van der Waals surface area contributed by atoms with Gasteiger partial charge in [-0.2, -0.15) is 5.26 Å². The average molecular weight is 335 g/mol. The topological polar surface area (TPSA) is 58.4 Å². The number of aromatic nitrogens is 1. The number of likely N-dealkylation sites (tertiary alicyclic amines) is 1. The van der Waals surface area contributed by atoms with Crippen molar-refractivity contribution in [1.29, 1.82) is 5.26 Å². The van der Waals surface area contributed by atoms with Crippen LogP contribution in [-0.2, 0) is 11.3 Å². The minimum Gasteiger partial charge on any atom is -0.493 e. The number of rotatable bonds is 5. The minimum atomic E-state index is 0.302. The van der Waals surface area contributed by atoms with Crippen LogP contribution >= 0.6 is 0 Å². The van der Waals surface area contributed by atoms with E-state index in [0.29, 0.717) is 30.1 Å². The molecule has 4 rings (SSSR count). The molecule has 2 aromatic rings. The second-order valence-corrected chi connectivity index (χ2v) is 6.80. The van der Waals surface area contributed by atoms with Crippen LogP contribution in [0.3, 0.4) is 0 Å². The van der Waals surface area contributed by atoms with Gasteiger partial charge in [-0.1, -0.05) is 12.1 Å². The molecule has 0 unspecified atom stereocenters. The number of nitrogens with zero attached hydrogens (tertiary/aromatic N) is 3. The molecule has 2 aliphatic rings. The molecular formula is C20H21N3O2. The summed E-state index contributed by atoms with van der Waals surface area (Å²) in [6, 6.07) is 13.6. The van der Waals surface area contributed by atoms with Gasteiger partial charge in [0.1, 0.15) is 5.75 Å². The molecule has 5 nitrogen and oxygen atoms in total. The van der Waals surface area contributed by atoms with E-state index < -0.39 is 0 Å². The first kappa shape index (κ1) is 16.1. The van der Waals surface area contributed by atoms with Gasteiger partial charge in [-0.25, -0.2) is 0 Å². The van der Waals surface area contributed by atoms with Crippen molar-refractivity contribution in [3.63, 3.8) is 0 Å². The second kappa shape index (κ2) is 7.22. The maximum atomic E-state index is 8.98. The fraction of sp³-hybridized carbons (Fsp3) is 0.400. The van der Waals surface area contributed by atoms with Gasteiger partial charge >= 0.3 is 0 Å². The van der Waals surface area contributed by atoms with Gasteiger partial charge in [-0.3, -0.25) is 9.88 Å². The Morgan fingerprint density at radius 2 is 2.24 bits per heavy atom. The molecule has 5 heteroatoms. The van der Waals surface area contributed by atoms with Gasteiger partial charge in [0.25, 0.3) is 0 Å². The van der Waals surface area contributed by atoms with Crippen molar-refractivity contribution < 1.29 is 9.47 Å². The summed E-state index contributed by atoms with van der Waals surface area (Å²) in [6.07, 6.45) is 4.04. The van der Waals surface area contributed by atoms with Gasteiger partial charge in [-0.05, 0) is 29.8 Å². The van der Waals surface area contributed by atoms with Crippen molar-refractivity contribution in [3.05, 3.63) is 59.9 Å². The maximum Gasteiger partial charge on any atom is 0.120 e. The number of pyridine rings is 1. The van der Waals surface area contributed by atoms with Crippen molar-refractivity contribution >= 4 is 0 Å². The van der Waals surface area contributed by atoms with Gasteiger partial charge < -0.3 is 9.47 Å². The van der Waals surface area contributed by atoms with E-state index in [1.54, 1.807) is 18.3 Å². The average Bonchev–Trinajstić information content (AvgIpc) is 3.21. The van der Waals surface area contributed by atoms with E-state index >= 15 is 0 Å². The highest BCUT2D eigenvalue weighted by Gasteiger charge is 2.43. The highest BCUT2D eigenvalue weighted by molar-refractivity contribution is 5.36. The van der Waals surface area contributed by atoms with Crippen molar-refractivity contribution in [2.45, 2.75) is 12.6 Å². The number of hydrogen-bond donors (Lipinski definition) is 0. The Balaban J connectivity index is 1.33. The molecule has 1 aromatic heterocycles. The van der Waals surface area contributed by atoms with Crippen molar-refractivity contribution in [2.24, 2.45) is 11.8 Å². The number of fused-ring (bicyclic) bond motifs is 1. The van der Waals surface area contributed by atoms with Gasteiger partial charge in [-0.15, -0.1) is 0 Å². The molecule has 0 radical (unpaired) electrons. The van der Waals surface area contributed by atoms with E-state index in [2.05, 4.69) is 22.0 Å². The molecular weight excluding hydrogens is 314 g/mol. The molecule has 0 spiro atoms. The molecule has 3 heterocycles. The molecule has 0 aliphatic carbocycles. The summed E-state index contributed by atoms with van der Waals surface area (Å²) in [6.45, 7) is 4.32. The van der Waals surface area contributed by atoms with Crippen molar-refractivity contribution in [1.82, 2.24) is 9.88 Å². The molecule has 25 heavy (non-hydrogen) atoms. The smallest absolute Gasteiger partial charge is 0.120 e. The summed E-state index contributed by atoms with van der Waals surface area (Å²) in [7, 11) is 0. The molecule has 0 N–H and O–H groups in total. The number of benzene rings is 1. The second-order valence-electron chi connectivity index (χ2n) is 6.80. The van der Waals surface area contributed by atoms with E-state index in [-0.39, 0.29) is 0 Å². The Hall–Kier alpha value is -2.42.